The maximum absolute atomic E-state index is 12.7. The molecule has 1 saturated heterocycles. The van der Waals surface area contributed by atoms with E-state index in [9.17, 15) is 9.59 Å². The highest BCUT2D eigenvalue weighted by Crippen LogP contribution is 2.29. The van der Waals surface area contributed by atoms with Crippen LogP contribution < -0.4 is 0 Å². The summed E-state index contributed by atoms with van der Waals surface area (Å²) in [4.78, 5) is 25.9. The lowest BCUT2D eigenvalue weighted by molar-refractivity contribution is -0.125. The number of imide groups is 1. The highest BCUT2D eigenvalue weighted by atomic mass is 16.6. The van der Waals surface area contributed by atoms with E-state index in [-0.39, 0.29) is 18.6 Å². The van der Waals surface area contributed by atoms with Gasteiger partial charge in [-0.2, -0.15) is 0 Å². The Morgan fingerprint density at radius 1 is 1.09 bits per heavy atom. The van der Waals surface area contributed by atoms with Gasteiger partial charge in [0.2, 0.25) is 0 Å². The van der Waals surface area contributed by atoms with Crippen LogP contribution in [0.25, 0.3) is 6.08 Å². The first-order valence-electron chi connectivity index (χ1n) is 7.45. The van der Waals surface area contributed by atoms with Crippen molar-refractivity contribution < 1.29 is 14.3 Å². The molecule has 0 N–H and O–H groups in total. The molecule has 3 rings (SSSR count). The second-order valence-corrected chi connectivity index (χ2v) is 5.42. The van der Waals surface area contributed by atoms with Crippen LogP contribution in [0, 0.1) is 0 Å². The molecular weight excluding hydrogens is 290 g/mol. The SMILES string of the molecule is C/C(=C\c1ccccc1)C(=O)N1C(=O)OCC1c1ccccc1. The van der Waals surface area contributed by atoms with Gasteiger partial charge in [-0.3, -0.25) is 4.79 Å². The molecule has 0 aromatic heterocycles. The molecule has 0 spiro atoms. The Labute approximate surface area is 135 Å². The molecule has 0 aliphatic carbocycles. The van der Waals surface area contributed by atoms with Crippen molar-refractivity contribution in [2.75, 3.05) is 6.61 Å². The Morgan fingerprint density at radius 2 is 1.70 bits per heavy atom. The van der Waals surface area contributed by atoms with Gasteiger partial charge in [0.1, 0.15) is 12.6 Å². The number of rotatable bonds is 3. The smallest absolute Gasteiger partial charge is 0.417 e. The first-order valence-corrected chi connectivity index (χ1v) is 7.45. The molecule has 1 aliphatic rings. The van der Waals surface area contributed by atoms with Crippen LogP contribution in [0.3, 0.4) is 0 Å². The highest BCUT2D eigenvalue weighted by Gasteiger charge is 2.39. The third kappa shape index (κ3) is 3.16. The maximum atomic E-state index is 12.7. The molecule has 1 unspecified atom stereocenters. The summed E-state index contributed by atoms with van der Waals surface area (Å²) in [6.07, 6.45) is 1.18. The van der Waals surface area contributed by atoms with Gasteiger partial charge < -0.3 is 4.74 Å². The van der Waals surface area contributed by atoms with Crippen LogP contribution in [0.4, 0.5) is 4.79 Å². The summed E-state index contributed by atoms with van der Waals surface area (Å²) in [6, 6.07) is 18.6. The van der Waals surface area contributed by atoms with Crippen molar-refractivity contribution in [3.63, 3.8) is 0 Å². The van der Waals surface area contributed by atoms with Crippen LogP contribution in [0.15, 0.2) is 66.2 Å². The number of carbonyl (C=O) groups is 2. The molecule has 4 nitrogen and oxygen atoms in total. The molecule has 2 aromatic carbocycles. The highest BCUT2D eigenvalue weighted by molar-refractivity contribution is 6.05. The molecule has 0 radical (unpaired) electrons. The quantitative estimate of drug-likeness (QED) is 0.810. The zero-order valence-corrected chi connectivity index (χ0v) is 12.8. The third-order valence-electron chi connectivity index (χ3n) is 3.80. The summed E-state index contributed by atoms with van der Waals surface area (Å²) < 4.78 is 5.09. The van der Waals surface area contributed by atoms with E-state index in [0.717, 1.165) is 11.1 Å². The van der Waals surface area contributed by atoms with Gasteiger partial charge in [0, 0.05) is 5.57 Å². The monoisotopic (exact) mass is 307 g/mol. The van der Waals surface area contributed by atoms with Crippen molar-refractivity contribution in [1.82, 2.24) is 4.90 Å². The van der Waals surface area contributed by atoms with E-state index in [1.54, 1.807) is 13.0 Å². The van der Waals surface area contributed by atoms with Crippen LogP contribution in [0.1, 0.15) is 24.1 Å². The minimum atomic E-state index is -0.593. The molecule has 1 heterocycles. The summed E-state index contributed by atoms with van der Waals surface area (Å²) >= 11 is 0. The minimum Gasteiger partial charge on any atom is -0.446 e. The number of nitrogens with zero attached hydrogens (tertiary/aromatic N) is 1. The fraction of sp³-hybridized carbons (Fsp3) is 0.158. The van der Waals surface area contributed by atoms with Crippen LogP contribution in [0.5, 0.6) is 0 Å². The van der Waals surface area contributed by atoms with Gasteiger partial charge in [-0.25, -0.2) is 9.69 Å². The average molecular weight is 307 g/mol. The van der Waals surface area contributed by atoms with Gasteiger partial charge in [0.25, 0.3) is 5.91 Å². The van der Waals surface area contributed by atoms with Gasteiger partial charge in [0.15, 0.2) is 0 Å². The summed E-state index contributed by atoms with van der Waals surface area (Å²) in [5, 5.41) is 0. The van der Waals surface area contributed by atoms with Crippen molar-refractivity contribution >= 4 is 18.1 Å². The molecule has 116 valence electrons. The average Bonchev–Trinajstić information content (AvgIpc) is 2.97. The van der Waals surface area contributed by atoms with Crippen molar-refractivity contribution in [1.29, 1.82) is 0 Å². The Morgan fingerprint density at radius 3 is 2.35 bits per heavy atom. The molecule has 0 bridgehead atoms. The van der Waals surface area contributed by atoms with E-state index in [4.69, 9.17) is 4.74 Å². The molecule has 2 aromatic rings. The number of hydrogen-bond acceptors (Lipinski definition) is 3. The number of amides is 2. The van der Waals surface area contributed by atoms with Gasteiger partial charge in [-0.15, -0.1) is 0 Å². The van der Waals surface area contributed by atoms with E-state index in [0.29, 0.717) is 5.57 Å². The molecule has 23 heavy (non-hydrogen) atoms. The molecule has 4 heteroatoms. The summed E-state index contributed by atoms with van der Waals surface area (Å²) in [5.41, 5.74) is 2.30. The van der Waals surface area contributed by atoms with Crippen molar-refractivity contribution in [2.24, 2.45) is 0 Å². The fourth-order valence-electron chi connectivity index (χ4n) is 2.62. The standard InChI is InChI=1S/C19H17NO3/c1-14(12-15-8-4-2-5-9-15)18(21)20-17(13-23-19(20)22)16-10-6-3-7-11-16/h2-12,17H,13H2,1H3/b14-12+. The zero-order chi connectivity index (χ0) is 16.2. The van der Waals surface area contributed by atoms with Crippen LogP contribution in [-0.2, 0) is 9.53 Å². The molecule has 0 saturated carbocycles. The Kier molecular flexibility index (Phi) is 4.24. The summed E-state index contributed by atoms with van der Waals surface area (Å²) in [5.74, 6) is -0.329. The largest absolute Gasteiger partial charge is 0.446 e. The first kappa shape index (κ1) is 15.0. The van der Waals surface area contributed by atoms with Crippen LogP contribution in [0.2, 0.25) is 0 Å². The lowest BCUT2D eigenvalue weighted by Crippen LogP contribution is -2.34. The van der Waals surface area contributed by atoms with Crippen LogP contribution >= 0.6 is 0 Å². The van der Waals surface area contributed by atoms with Crippen molar-refractivity contribution in [3.8, 4) is 0 Å². The predicted octanol–water partition coefficient (Wildman–Crippen LogP) is 3.81. The second kappa shape index (κ2) is 6.48. The number of benzene rings is 2. The summed E-state index contributed by atoms with van der Waals surface area (Å²) in [6.45, 7) is 1.90. The second-order valence-electron chi connectivity index (χ2n) is 5.42. The Balaban J connectivity index is 1.87. The number of hydrogen-bond donors (Lipinski definition) is 0. The van der Waals surface area contributed by atoms with Gasteiger partial charge in [-0.1, -0.05) is 60.7 Å². The topological polar surface area (TPSA) is 46.6 Å². The van der Waals surface area contributed by atoms with E-state index in [2.05, 4.69) is 0 Å². The number of carbonyl (C=O) groups excluding carboxylic acids is 2. The van der Waals surface area contributed by atoms with Gasteiger partial charge in [0.05, 0.1) is 0 Å². The third-order valence-corrected chi connectivity index (χ3v) is 3.80. The summed E-state index contributed by atoms with van der Waals surface area (Å²) in [7, 11) is 0. The zero-order valence-electron chi connectivity index (χ0n) is 12.8. The lowest BCUT2D eigenvalue weighted by Gasteiger charge is -2.20. The Bertz CT molecular complexity index is 738. The van der Waals surface area contributed by atoms with E-state index in [1.807, 2.05) is 60.7 Å². The van der Waals surface area contributed by atoms with E-state index in [1.165, 1.54) is 4.90 Å². The molecule has 2 amide bonds. The fourth-order valence-corrected chi connectivity index (χ4v) is 2.62. The minimum absolute atomic E-state index is 0.188. The van der Waals surface area contributed by atoms with Crippen molar-refractivity contribution in [2.45, 2.75) is 13.0 Å². The number of ether oxygens (including phenoxy) is 1. The van der Waals surface area contributed by atoms with E-state index < -0.39 is 6.09 Å². The molecule has 1 fully saturated rings. The molecule has 1 aliphatic heterocycles. The normalized spacial score (nSPS) is 18.0. The molecule has 1 atom stereocenters. The van der Waals surface area contributed by atoms with Crippen LogP contribution in [-0.4, -0.2) is 23.5 Å². The van der Waals surface area contributed by atoms with Crippen molar-refractivity contribution in [3.05, 3.63) is 77.4 Å². The maximum Gasteiger partial charge on any atom is 0.417 e. The predicted molar refractivity (Wildman–Crippen MR) is 87.5 cm³/mol. The lowest BCUT2D eigenvalue weighted by atomic mass is 10.1. The van der Waals surface area contributed by atoms with Gasteiger partial charge in [-0.05, 0) is 24.1 Å². The van der Waals surface area contributed by atoms with E-state index >= 15 is 0 Å². The first-order chi connectivity index (χ1) is 11.2. The molecular formula is C19H17NO3. The Hall–Kier alpha value is -2.88. The number of cyclic esters (lactones) is 1. The van der Waals surface area contributed by atoms with Gasteiger partial charge >= 0.3 is 6.09 Å².